The standard InChI is InChI=1S/C25H37NO6/c1-2-3-4-7-18(27)9-10-19-20-11-16-6-5-8-23(21(16)12-17(20)13-22(19)28)32-15-24(29)26-14-25(30)31/h5-6,8,17-20,22,27-28H,2-4,7,9-15H2,1H3,(H,26,29)(H,30,31)/t17?,18?,19-,20?,22-/m1/s1. The van der Waals surface area contributed by atoms with Crippen LogP contribution in [0.1, 0.15) is 63.0 Å². The molecule has 0 heterocycles. The lowest BCUT2D eigenvalue weighted by Crippen LogP contribution is -2.33. The molecule has 2 aliphatic rings. The van der Waals surface area contributed by atoms with E-state index in [-0.39, 0.29) is 24.7 Å². The zero-order chi connectivity index (χ0) is 23.1. The fourth-order valence-electron chi connectivity index (χ4n) is 5.47. The van der Waals surface area contributed by atoms with Gasteiger partial charge < -0.3 is 25.4 Å². The van der Waals surface area contributed by atoms with Crippen molar-refractivity contribution in [1.82, 2.24) is 5.32 Å². The van der Waals surface area contributed by atoms with Crippen molar-refractivity contribution in [1.29, 1.82) is 0 Å². The number of carboxylic acid groups (broad SMARTS) is 1. The Balaban J connectivity index is 1.58. The zero-order valence-corrected chi connectivity index (χ0v) is 19.0. The first kappa shape index (κ1) is 24.5. The van der Waals surface area contributed by atoms with Gasteiger partial charge in [-0.25, -0.2) is 0 Å². The van der Waals surface area contributed by atoms with E-state index in [2.05, 4.69) is 18.3 Å². The summed E-state index contributed by atoms with van der Waals surface area (Å²) in [5.74, 6) is 0.0766. The van der Waals surface area contributed by atoms with Crippen LogP contribution in [0.2, 0.25) is 0 Å². The molecule has 3 rings (SSSR count). The normalized spacial score (nSPS) is 25.0. The van der Waals surface area contributed by atoms with Gasteiger partial charge in [0.15, 0.2) is 6.61 Å². The van der Waals surface area contributed by atoms with Crippen LogP contribution >= 0.6 is 0 Å². The van der Waals surface area contributed by atoms with Gasteiger partial charge in [-0.15, -0.1) is 0 Å². The number of ether oxygens (including phenoxy) is 1. The molecule has 1 fully saturated rings. The number of benzene rings is 1. The number of aliphatic hydroxyl groups is 2. The maximum Gasteiger partial charge on any atom is 0.322 e. The van der Waals surface area contributed by atoms with Gasteiger partial charge in [0.2, 0.25) is 0 Å². The molecule has 5 atom stereocenters. The molecule has 1 aromatic carbocycles. The predicted molar refractivity (Wildman–Crippen MR) is 120 cm³/mol. The minimum absolute atomic E-state index is 0.209. The molecule has 0 radical (unpaired) electrons. The van der Waals surface area contributed by atoms with Crippen LogP contribution in [0.15, 0.2) is 18.2 Å². The summed E-state index contributed by atoms with van der Waals surface area (Å²) in [6, 6.07) is 5.85. The Bertz CT molecular complexity index is 782. The monoisotopic (exact) mass is 447 g/mol. The second kappa shape index (κ2) is 11.7. The van der Waals surface area contributed by atoms with Crippen LogP contribution in [0.3, 0.4) is 0 Å². The predicted octanol–water partition coefficient (Wildman–Crippen LogP) is 2.70. The van der Waals surface area contributed by atoms with Crippen molar-refractivity contribution < 1.29 is 29.6 Å². The Hall–Kier alpha value is -2.12. The molecule has 1 aromatic rings. The molecule has 0 spiro atoms. The summed E-state index contributed by atoms with van der Waals surface area (Å²) < 4.78 is 5.73. The molecule has 7 heteroatoms. The van der Waals surface area contributed by atoms with Crippen LogP contribution < -0.4 is 10.1 Å². The molecule has 3 unspecified atom stereocenters. The van der Waals surface area contributed by atoms with E-state index in [1.54, 1.807) is 0 Å². The molecule has 1 saturated carbocycles. The average Bonchev–Trinajstić information content (AvgIpc) is 3.07. The second-order valence-electron chi connectivity index (χ2n) is 9.38. The zero-order valence-electron chi connectivity index (χ0n) is 19.0. The van der Waals surface area contributed by atoms with Crippen molar-refractivity contribution in [3.8, 4) is 5.75 Å². The third kappa shape index (κ3) is 6.45. The van der Waals surface area contributed by atoms with Crippen molar-refractivity contribution in [2.24, 2.45) is 17.8 Å². The summed E-state index contributed by atoms with van der Waals surface area (Å²) in [6.07, 6.45) is 7.61. The highest BCUT2D eigenvalue weighted by Crippen LogP contribution is 2.48. The van der Waals surface area contributed by atoms with Gasteiger partial charge >= 0.3 is 5.97 Å². The molecule has 0 bridgehead atoms. The lowest BCUT2D eigenvalue weighted by atomic mass is 9.73. The van der Waals surface area contributed by atoms with Crippen LogP contribution in [0.5, 0.6) is 5.75 Å². The molecular weight excluding hydrogens is 410 g/mol. The maximum atomic E-state index is 11.8. The summed E-state index contributed by atoms with van der Waals surface area (Å²) in [5, 5.41) is 32.0. The van der Waals surface area contributed by atoms with E-state index in [1.165, 1.54) is 5.56 Å². The Morgan fingerprint density at radius 3 is 2.78 bits per heavy atom. The number of carbonyl (C=O) groups is 2. The van der Waals surface area contributed by atoms with Crippen molar-refractivity contribution in [3.63, 3.8) is 0 Å². The van der Waals surface area contributed by atoms with Gasteiger partial charge in [-0.2, -0.15) is 0 Å². The molecule has 4 N–H and O–H groups in total. The van der Waals surface area contributed by atoms with Gasteiger partial charge in [0.1, 0.15) is 12.3 Å². The molecule has 0 aliphatic heterocycles. The lowest BCUT2D eigenvalue weighted by Gasteiger charge is -2.32. The quantitative estimate of drug-likeness (QED) is 0.366. The molecule has 32 heavy (non-hydrogen) atoms. The number of unbranched alkanes of at least 4 members (excludes halogenated alkanes) is 2. The number of hydrogen-bond donors (Lipinski definition) is 4. The number of nitrogens with one attached hydrogen (secondary N) is 1. The third-order valence-electron chi connectivity index (χ3n) is 7.12. The molecule has 178 valence electrons. The first-order valence-electron chi connectivity index (χ1n) is 12.0. The fraction of sp³-hybridized carbons (Fsp3) is 0.680. The summed E-state index contributed by atoms with van der Waals surface area (Å²) in [7, 11) is 0. The number of aliphatic hydroxyl groups excluding tert-OH is 2. The minimum atomic E-state index is -1.09. The molecule has 2 aliphatic carbocycles. The van der Waals surface area contributed by atoms with Crippen LogP contribution in [-0.4, -0.2) is 52.6 Å². The van der Waals surface area contributed by atoms with Gasteiger partial charge in [-0.3, -0.25) is 9.59 Å². The Kier molecular flexibility index (Phi) is 8.93. The van der Waals surface area contributed by atoms with E-state index in [0.717, 1.165) is 63.4 Å². The van der Waals surface area contributed by atoms with Gasteiger partial charge in [-0.1, -0.05) is 38.3 Å². The fourth-order valence-corrected chi connectivity index (χ4v) is 5.47. The molecule has 7 nitrogen and oxygen atoms in total. The Morgan fingerprint density at radius 2 is 2.03 bits per heavy atom. The molecular formula is C25H37NO6. The number of rotatable bonds is 12. The summed E-state index contributed by atoms with van der Waals surface area (Å²) >= 11 is 0. The van der Waals surface area contributed by atoms with E-state index >= 15 is 0 Å². The van der Waals surface area contributed by atoms with Gasteiger partial charge in [-0.05, 0) is 73.5 Å². The SMILES string of the molecule is CCCCCC(O)CC[C@@H]1C2Cc3cccc(OCC(=O)NCC(=O)O)c3CC2C[C@H]1O. The number of carbonyl (C=O) groups excluding carboxylic acids is 1. The highest BCUT2D eigenvalue weighted by atomic mass is 16.5. The van der Waals surface area contributed by atoms with Crippen molar-refractivity contribution >= 4 is 11.9 Å². The van der Waals surface area contributed by atoms with Crippen LogP contribution in [0.4, 0.5) is 0 Å². The third-order valence-corrected chi connectivity index (χ3v) is 7.12. The van der Waals surface area contributed by atoms with Gasteiger partial charge in [0.05, 0.1) is 12.2 Å². The van der Waals surface area contributed by atoms with Crippen LogP contribution in [0, 0.1) is 17.8 Å². The van der Waals surface area contributed by atoms with Crippen molar-refractivity contribution in [2.75, 3.05) is 13.2 Å². The van der Waals surface area contributed by atoms with E-state index in [9.17, 15) is 19.8 Å². The van der Waals surface area contributed by atoms with Crippen LogP contribution in [0.25, 0.3) is 0 Å². The number of fused-ring (bicyclic) bond motifs is 2. The number of hydrogen-bond acceptors (Lipinski definition) is 5. The Labute approximate surface area is 190 Å². The maximum absolute atomic E-state index is 11.8. The van der Waals surface area contributed by atoms with Gasteiger partial charge in [0, 0.05) is 0 Å². The first-order chi connectivity index (χ1) is 15.4. The largest absolute Gasteiger partial charge is 0.483 e. The topological polar surface area (TPSA) is 116 Å². The first-order valence-corrected chi connectivity index (χ1v) is 12.0. The molecule has 0 aromatic heterocycles. The van der Waals surface area contributed by atoms with E-state index < -0.39 is 18.4 Å². The summed E-state index contributed by atoms with van der Waals surface area (Å²) in [6.45, 7) is 1.51. The summed E-state index contributed by atoms with van der Waals surface area (Å²) in [4.78, 5) is 22.4. The smallest absolute Gasteiger partial charge is 0.322 e. The average molecular weight is 448 g/mol. The van der Waals surface area contributed by atoms with E-state index in [1.807, 2.05) is 12.1 Å². The highest BCUT2D eigenvalue weighted by molar-refractivity contribution is 5.82. The van der Waals surface area contributed by atoms with Crippen molar-refractivity contribution in [3.05, 3.63) is 29.3 Å². The molecule has 0 saturated heterocycles. The van der Waals surface area contributed by atoms with Crippen LogP contribution in [-0.2, 0) is 22.4 Å². The lowest BCUT2D eigenvalue weighted by molar-refractivity contribution is -0.138. The Morgan fingerprint density at radius 1 is 1.22 bits per heavy atom. The number of amides is 1. The van der Waals surface area contributed by atoms with E-state index in [4.69, 9.17) is 9.84 Å². The van der Waals surface area contributed by atoms with Gasteiger partial charge in [0.25, 0.3) is 5.91 Å². The summed E-state index contributed by atoms with van der Waals surface area (Å²) in [5.41, 5.74) is 2.28. The minimum Gasteiger partial charge on any atom is -0.483 e. The molecule has 1 amide bonds. The number of aliphatic carboxylic acids is 1. The van der Waals surface area contributed by atoms with Crippen molar-refractivity contribution in [2.45, 2.75) is 76.9 Å². The van der Waals surface area contributed by atoms with E-state index in [0.29, 0.717) is 17.6 Å². The number of carboxylic acids is 1. The highest BCUT2D eigenvalue weighted by Gasteiger charge is 2.44. The second-order valence-corrected chi connectivity index (χ2v) is 9.38.